The minimum atomic E-state index is -0.238. The summed E-state index contributed by atoms with van der Waals surface area (Å²) < 4.78 is 10.0. The summed E-state index contributed by atoms with van der Waals surface area (Å²) >= 11 is 0. The van der Waals surface area contributed by atoms with E-state index in [-0.39, 0.29) is 5.41 Å². The summed E-state index contributed by atoms with van der Waals surface area (Å²) in [6, 6.07) is 0. The summed E-state index contributed by atoms with van der Waals surface area (Å²) in [6.07, 6.45) is 1.26. The normalized spacial score (nSPS) is 23.7. The maximum atomic E-state index is 8.09. The van der Waals surface area contributed by atoms with Crippen LogP contribution >= 0.6 is 0 Å². The van der Waals surface area contributed by atoms with E-state index in [0.29, 0.717) is 26.3 Å². The highest BCUT2D eigenvalue weighted by atomic mass is 16.5. The predicted octanol–water partition coefficient (Wildman–Crippen LogP) is 2.67. The third-order valence-electron chi connectivity index (χ3n) is 2.91. The lowest BCUT2D eigenvalue weighted by atomic mass is 9.86. The Labute approximate surface area is 106 Å². The van der Waals surface area contributed by atoms with Crippen molar-refractivity contribution in [3.05, 3.63) is 20.9 Å². The van der Waals surface area contributed by atoms with Crippen molar-refractivity contribution in [2.24, 2.45) is 21.6 Å². The fourth-order valence-electron chi connectivity index (χ4n) is 1.64. The third kappa shape index (κ3) is 4.81. The molecule has 8 heteroatoms. The molecule has 0 spiro atoms. The molecule has 0 radical (unpaired) electrons. The molecule has 1 unspecified atom stereocenters. The van der Waals surface area contributed by atoms with Crippen LogP contribution in [0.5, 0.6) is 0 Å². The number of azide groups is 2. The Kier molecular flexibility index (Phi) is 6.32. The Morgan fingerprint density at radius 3 is 2.00 bits per heavy atom. The standard InChI is InChI=1S/C5H8N6O.C5H10O/c6-10-8-1-5(2-9-11-7)3-12-4-5;1-5-2-3-6-4-5/h1-4H2;5H,2-4H2,1H3. The summed E-state index contributed by atoms with van der Waals surface area (Å²) in [5.41, 5.74) is 15.9. The van der Waals surface area contributed by atoms with Crippen LogP contribution in [0.1, 0.15) is 13.3 Å². The zero-order valence-electron chi connectivity index (χ0n) is 10.5. The summed E-state index contributed by atoms with van der Waals surface area (Å²) in [6.45, 7) is 5.87. The second-order valence-electron chi connectivity index (χ2n) is 4.74. The molecule has 2 saturated heterocycles. The zero-order chi connectivity index (χ0) is 13.3. The van der Waals surface area contributed by atoms with E-state index in [0.717, 1.165) is 19.1 Å². The fourth-order valence-corrected chi connectivity index (χ4v) is 1.64. The van der Waals surface area contributed by atoms with Crippen molar-refractivity contribution >= 4 is 0 Å². The van der Waals surface area contributed by atoms with E-state index < -0.39 is 0 Å². The van der Waals surface area contributed by atoms with Crippen molar-refractivity contribution in [3.63, 3.8) is 0 Å². The highest BCUT2D eigenvalue weighted by molar-refractivity contribution is 4.89. The molecule has 2 aliphatic heterocycles. The lowest BCUT2D eigenvalue weighted by Crippen LogP contribution is -2.47. The van der Waals surface area contributed by atoms with Gasteiger partial charge in [0.15, 0.2) is 0 Å². The zero-order valence-corrected chi connectivity index (χ0v) is 10.5. The second-order valence-corrected chi connectivity index (χ2v) is 4.74. The summed E-state index contributed by atoms with van der Waals surface area (Å²) in [5, 5.41) is 6.87. The molecule has 0 saturated carbocycles. The Morgan fingerprint density at radius 2 is 1.78 bits per heavy atom. The van der Waals surface area contributed by atoms with Crippen LogP contribution < -0.4 is 0 Å². The van der Waals surface area contributed by atoms with Gasteiger partial charge in [0, 0.05) is 41.5 Å². The van der Waals surface area contributed by atoms with E-state index >= 15 is 0 Å². The van der Waals surface area contributed by atoms with Gasteiger partial charge < -0.3 is 9.47 Å². The van der Waals surface area contributed by atoms with Gasteiger partial charge in [-0.25, -0.2) is 0 Å². The van der Waals surface area contributed by atoms with Crippen molar-refractivity contribution in [2.75, 3.05) is 39.5 Å². The van der Waals surface area contributed by atoms with Crippen molar-refractivity contribution in [3.8, 4) is 0 Å². The number of hydrogen-bond donors (Lipinski definition) is 0. The van der Waals surface area contributed by atoms with E-state index in [1.54, 1.807) is 0 Å². The number of hydrogen-bond acceptors (Lipinski definition) is 4. The molecule has 0 amide bonds. The van der Waals surface area contributed by atoms with E-state index in [1.165, 1.54) is 6.42 Å². The highest BCUT2D eigenvalue weighted by Gasteiger charge is 2.37. The minimum Gasteiger partial charge on any atom is -0.381 e. The van der Waals surface area contributed by atoms with Gasteiger partial charge in [-0.2, -0.15) is 0 Å². The molecule has 2 heterocycles. The van der Waals surface area contributed by atoms with Gasteiger partial charge in [0.1, 0.15) is 0 Å². The summed E-state index contributed by atoms with van der Waals surface area (Å²) in [5.74, 6) is 0.824. The van der Waals surface area contributed by atoms with Crippen molar-refractivity contribution in [2.45, 2.75) is 13.3 Å². The topological polar surface area (TPSA) is 116 Å². The average molecular weight is 254 g/mol. The first kappa shape index (κ1) is 14.6. The van der Waals surface area contributed by atoms with E-state index in [2.05, 4.69) is 27.0 Å². The fraction of sp³-hybridized carbons (Fsp3) is 1.00. The van der Waals surface area contributed by atoms with Crippen LogP contribution in [0.4, 0.5) is 0 Å². The molecule has 0 N–H and O–H groups in total. The Hall–Kier alpha value is -1.46. The molecule has 2 aliphatic rings. The highest BCUT2D eigenvalue weighted by Crippen LogP contribution is 2.28. The number of ether oxygens (including phenoxy) is 2. The van der Waals surface area contributed by atoms with Gasteiger partial charge in [0.2, 0.25) is 0 Å². The largest absolute Gasteiger partial charge is 0.381 e. The molecule has 8 nitrogen and oxygen atoms in total. The van der Waals surface area contributed by atoms with Crippen LogP contribution in [0.15, 0.2) is 10.2 Å². The Balaban J connectivity index is 0.000000225. The summed E-state index contributed by atoms with van der Waals surface area (Å²) in [4.78, 5) is 5.29. The molecule has 2 fully saturated rings. The maximum absolute atomic E-state index is 8.09. The lowest BCUT2D eigenvalue weighted by molar-refractivity contribution is -0.100. The first-order valence-electron chi connectivity index (χ1n) is 5.90. The van der Waals surface area contributed by atoms with E-state index in [9.17, 15) is 0 Å². The SMILES string of the molecule is CC1CCOC1.[N-]=[N+]=NCC1(CN=[N+]=[N-])COC1. The smallest absolute Gasteiger partial charge is 0.0547 e. The van der Waals surface area contributed by atoms with Gasteiger partial charge in [-0.05, 0) is 23.4 Å². The van der Waals surface area contributed by atoms with Gasteiger partial charge in [-0.15, -0.1) is 0 Å². The third-order valence-corrected chi connectivity index (χ3v) is 2.91. The van der Waals surface area contributed by atoms with E-state index in [1.807, 2.05) is 0 Å². The summed E-state index contributed by atoms with van der Waals surface area (Å²) in [7, 11) is 0. The number of rotatable bonds is 4. The maximum Gasteiger partial charge on any atom is 0.0547 e. The van der Waals surface area contributed by atoms with Gasteiger partial charge in [-0.3, -0.25) is 0 Å². The molecule has 0 aromatic carbocycles. The van der Waals surface area contributed by atoms with Crippen molar-refractivity contribution in [1.29, 1.82) is 0 Å². The molecular formula is C10H18N6O2. The van der Waals surface area contributed by atoms with Gasteiger partial charge in [0.25, 0.3) is 0 Å². The van der Waals surface area contributed by atoms with Crippen LogP contribution in [-0.2, 0) is 9.47 Å². The monoisotopic (exact) mass is 254 g/mol. The van der Waals surface area contributed by atoms with Crippen molar-refractivity contribution < 1.29 is 9.47 Å². The molecule has 1 atom stereocenters. The molecule has 0 aromatic rings. The molecule has 0 aromatic heterocycles. The van der Waals surface area contributed by atoms with Crippen LogP contribution in [-0.4, -0.2) is 39.5 Å². The molecule has 18 heavy (non-hydrogen) atoms. The van der Waals surface area contributed by atoms with Crippen molar-refractivity contribution in [1.82, 2.24) is 0 Å². The molecule has 100 valence electrons. The number of nitrogens with zero attached hydrogens (tertiary/aromatic N) is 6. The quantitative estimate of drug-likeness (QED) is 0.435. The van der Waals surface area contributed by atoms with E-state index in [4.69, 9.17) is 20.5 Å². The molecule has 0 bridgehead atoms. The van der Waals surface area contributed by atoms with Crippen LogP contribution in [0.2, 0.25) is 0 Å². The lowest BCUT2D eigenvalue weighted by Gasteiger charge is -2.39. The van der Waals surface area contributed by atoms with Gasteiger partial charge in [0.05, 0.1) is 13.2 Å². The van der Waals surface area contributed by atoms with Crippen LogP contribution in [0.3, 0.4) is 0 Å². The predicted molar refractivity (Wildman–Crippen MR) is 65.9 cm³/mol. The van der Waals surface area contributed by atoms with Crippen LogP contribution in [0.25, 0.3) is 20.9 Å². The minimum absolute atomic E-state index is 0.238. The molecule has 2 rings (SSSR count). The van der Waals surface area contributed by atoms with Gasteiger partial charge in [-0.1, -0.05) is 17.2 Å². The first-order valence-corrected chi connectivity index (χ1v) is 5.90. The van der Waals surface area contributed by atoms with Gasteiger partial charge >= 0.3 is 0 Å². The first-order chi connectivity index (χ1) is 8.72. The molecular weight excluding hydrogens is 236 g/mol. The Bertz CT molecular complexity index is 316. The molecule has 0 aliphatic carbocycles. The second kappa shape index (κ2) is 7.79. The van der Waals surface area contributed by atoms with Crippen LogP contribution in [0, 0.1) is 11.3 Å². The Morgan fingerprint density at radius 1 is 1.17 bits per heavy atom. The average Bonchev–Trinajstić information content (AvgIpc) is 2.80.